The fourth-order valence-electron chi connectivity index (χ4n) is 3.60. The maximum absolute atomic E-state index is 12.5. The Bertz CT molecular complexity index is 405. The number of nitrogens with one attached hydrogen (secondary N) is 1. The molecule has 0 bridgehead atoms. The number of nitrogens with zero attached hydrogens (tertiary/aromatic N) is 2. The van der Waals surface area contributed by atoms with Crippen LogP contribution in [0.5, 0.6) is 0 Å². The number of nitriles is 1. The van der Waals surface area contributed by atoms with E-state index in [9.17, 15) is 10.1 Å². The summed E-state index contributed by atoms with van der Waals surface area (Å²) in [7, 11) is 0. The van der Waals surface area contributed by atoms with Gasteiger partial charge in [-0.3, -0.25) is 9.69 Å². The van der Waals surface area contributed by atoms with Crippen LogP contribution in [0.1, 0.15) is 46.0 Å². The number of ether oxygens (including phenoxy) is 1. The topological polar surface area (TPSA) is 65.4 Å². The Kier molecular flexibility index (Phi) is 6.22. The molecule has 2 fully saturated rings. The maximum Gasteiger partial charge on any atom is 0.240 e. The predicted molar refractivity (Wildman–Crippen MR) is 85.2 cm³/mol. The van der Waals surface area contributed by atoms with E-state index in [1.807, 2.05) is 0 Å². The van der Waals surface area contributed by atoms with Crippen LogP contribution < -0.4 is 5.32 Å². The van der Waals surface area contributed by atoms with Gasteiger partial charge in [0, 0.05) is 25.7 Å². The fourth-order valence-corrected chi connectivity index (χ4v) is 3.60. The molecule has 0 spiro atoms. The average Bonchev–Trinajstić information content (AvgIpc) is 3.02. The molecule has 0 aromatic rings. The number of morpholine rings is 1. The van der Waals surface area contributed by atoms with E-state index < -0.39 is 5.41 Å². The molecule has 0 aromatic heterocycles. The van der Waals surface area contributed by atoms with Gasteiger partial charge in [-0.1, -0.05) is 26.7 Å². The van der Waals surface area contributed by atoms with Gasteiger partial charge in [-0.15, -0.1) is 0 Å². The molecule has 22 heavy (non-hydrogen) atoms. The third kappa shape index (κ3) is 4.21. The average molecular weight is 307 g/mol. The zero-order valence-electron chi connectivity index (χ0n) is 13.9. The summed E-state index contributed by atoms with van der Waals surface area (Å²) in [5.41, 5.74) is -0.770. The fraction of sp³-hybridized carbons (Fsp3) is 0.882. The molecule has 1 aliphatic heterocycles. The molecule has 0 radical (unpaired) electrons. The molecule has 1 N–H and O–H groups in total. The van der Waals surface area contributed by atoms with Gasteiger partial charge >= 0.3 is 0 Å². The summed E-state index contributed by atoms with van der Waals surface area (Å²) in [6, 6.07) is 2.61. The van der Waals surface area contributed by atoms with Crippen molar-refractivity contribution in [3.8, 4) is 6.07 Å². The van der Waals surface area contributed by atoms with Gasteiger partial charge in [0.15, 0.2) is 0 Å². The third-order valence-corrected chi connectivity index (χ3v) is 4.91. The van der Waals surface area contributed by atoms with Crippen LogP contribution in [-0.4, -0.2) is 49.7 Å². The SMILES string of the molecule is CC(C)CC(CNC(=O)C1(C#N)CCCC1)N1CCOCC1. The van der Waals surface area contributed by atoms with Crippen LogP contribution in [0.3, 0.4) is 0 Å². The lowest BCUT2D eigenvalue weighted by molar-refractivity contribution is -0.128. The monoisotopic (exact) mass is 307 g/mol. The molecule has 1 saturated heterocycles. The van der Waals surface area contributed by atoms with Crippen molar-refractivity contribution in [1.29, 1.82) is 5.26 Å². The number of hydrogen-bond donors (Lipinski definition) is 1. The minimum absolute atomic E-state index is 0.0606. The molecule has 1 unspecified atom stereocenters. The van der Waals surface area contributed by atoms with E-state index >= 15 is 0 Å². The second-order valence-corrected chi connectivity index (χ2v) is 7.04. The van der Waals surface area contributed by atoms with Gasteiger partial charge in [0.25, 0.3) is 0 Å². The molecule has 1 heterocycles. The third-order valence-electron chi connectivity index (χ3n) is 4.91. The largest absolute Gasteiger partial charge is 0.379 e. The minimum atomic E-state index is -0.770. The summed E-state index contributed by atoms with van der Waals surface area (Å²) in [5, 5.41) is 12.5. The van der Waals surface area contributed by atoms with Gasteiger partial charge in [-0.05, 0) is 25.2 Å². The highest BCUT2D eigenvalue weighted by molar-refractivity contribution is 5.85. The van der Waals surface area contributed by atoms with Crippen molar-refractivity contribution in [3.05, 3.63) is 0 Å². The summed E-state index contributed by atoms with van der Waals surface area (Å²) in [4.78, 5) is 14.9. The minimum Gasteiger partial charge on any atom is -0.379 e. The first kappa shape index (κ1) is 17.2. The quantitative estimate of drug-likeness (QED) is 0.814. The van der Waals surface area contributed by atoms with Crippen molar-refractivity contribution in [2.45, 2.75) is 52.0 Å². The number of hydrogen-bond acceptors (Lipinski definition) is 4. The van der Waals surface area contributed by atoms with Gasteiger partial charge in [-0.25, -0.2) is 0 Å². The van der Waals surface area contributed by atoms with Gasteiger partial charge < -0.3 is 10.1 Å². The molecule has 1 saturated carbocycles. The zero-order valence-corrected chi connectivity index (χ0v) is 13.9. The molecule has 2 rings (SSSR count). The molecule has 5 heteroatoms. The smallest absolute Gasteiger partial charge is 0.240 e. The summed E-state index contributed by atoms with van der Waals surface area (Å²) < 4.78 is 5.42. The van der Waals surface area contributed by atoms with Crippen molar-refractivity contribution in [2.75, 3.05) is 32.8 Å². The lowest BCUT2D eigenvalue weighted by Gasteiger charge is -2.36. The first-order valence-electron chi connectivity index (χ1n) is 8.59. The molecular weight excluding hydrogens is 278 g/mol. The Morgan fingerprint density at radius 2 is 1.95 bits per heavy atom. The molecule has 1 aliphatic carbocycles. The van der Waals surface area contributed by atoms with E-state index in [4.69, 9.17) is 4.74 Å². The summed E-state index contributed by atoms with van der Waals surface area (Å²) in [6.45, 7) is 8.45. The van der Waals surface area contributed by atoms with E-state index in [0.717, 1.165) is 45.6 Å². The number of rotatable bonds is 6. The van der Waals surface area contributed by atoms with Crippen molar-refractivity contribution < 1.29 is 9.53 Å². The highest BCUT2D eigenvalue weighted by atomic mass is 16.5. The normalized spacial score (nSPS) is 23.2. The standard InChI is InChI=1S/C17H29N3O2/c1-14(2)11-15(20-7-9-22-10-8-20)12-19-16(21)17(13-18)5-3-4-6-17/h14-15H,3-12H2,1-2H3,(H,19,21). The Balaban J connectivity index is 1.92. The Labute approximate surface area is 134 Å². The van der Waals surface area contributed by atoms with Crippen molar-refractivity contribution >= 4 is 5.91 Å². The van der Waals surface area contributed by atoms with Crippen molar-refractivity contribution in [2.24, 2.45) is 11.3 Å². The molecular formula is C17H29N3O2. The van der Waals surface area contributed by atoms with Crippen molar-refractivity contribution in [1.82, 2.24) is 10.2 Å². The van der Waals surface area contributed by atoms with Gasteiger partial charge in [0.05, 0.1) is 19.3 Å². The van der Waals surface area contributed by atoms with Crippen LogP contribution in [0.2, 0.25) is 0 Å². The van der Waals surface area contributed by atoms with Gasteiger partial charge in [-0.2, -0.15) is 5.26 Å². The Morgan fingerprint density at radius 3 is 2.50 bits per heavy atom. The van der Waals surface area contributed by atoms with E-state index in [2.05, 4.69) is 30.1 Å². The highest BCUT2D eigenvalue weighted by Gasteiger charge is 2.41. The summed E-state index contributed by atoms with van der Waals surface area (Å²) >= 11 is 0. The summed E-state index contributed by atoms with van der Waals surface area (Å²) in [5.74, 6) is 0.524. The molecule has 124 valence electrons. The van der Waals surface area contributed by atoms with Crippen LogP contribution in [-0.2, 0) is 9.53 Å². The molecule has 0 aromatic carbocycles. The lowest BCUT2D eigenvalue weighted by Crippen LogP contribution is -2.51. The van der Waals surface area contributed by atoms with Crippen LogP contribution in [0.4, 0.5) is 0 Å². The Morgan fingerprint density at radius 1 is 1.32 bits per heavy atom. The van der Waals surface area contributed by atoms with Crippen molar-refractivity contribution in [3.63, 3.8) is 0 Å². The van der Waals surface area contributed by atoms with Gasteiger partial charge in [0.2, 0.25) is 5.91 Å². The highest BCUT2D eigenvalue weighted by Crippen LogP contribution is 2.37. The number of carbonyl (C=O) groups excluding carboxylic acids is 1. The first-order valence-corrected chi connectivity index (χ1v) is 8.59. The molecule has 1 amide bonds. The van der Waals surface area contributed by atoms with Crippen LogP contribution in [0.25, 0.3) is 0 Å². The van der Waals surface area contributed by atoms with Crippen LogP contribution >= 0.6 is 0 Å². The van der Waals surface area contributed by atoms with E-state index in [1.54, 1.807) is 0 Å². The lowest BCUT2D eigenvalue weighted by atomic mass is 9.87. The molecule has 2 aliphatic rings. The molecule has 1 atom stereocenters. The first-order chi connectivity index (χ1) is 10.6. The van der Waals surface area contributed by atoms with Gasteiger partial charge in [0.1, 0.15) is 5.41 Å². The van der Waals surface area contributed by atoms with E-state index in [1.165, 1.54) is 0 Å². The maximum atomic E-state index is 12.5. The second-order valence-electron chi connectivity index (χ2n) is 7.04. The zero-order chi connectivity index (χ0) is 16.0. The summed E-state index contributed by atoms with van der Waals surface area (Å²) in [6.07, 6.45) is 4.45. The number of carbonyl (C=O) groups is 1. The van der Waals surface area contributed by atoms with E-state index in [-0.39, 0.29) is 5.91 Å². The number of amides is 1. The predicted octanol–water partition coefficient (Wildman–Crippen LogP) is 1.93. The van der Waals surface area contributed by atoms with Crippen LogP contribution in [0.15, 0.2) is 0 Å². The molecule has 5 nitrogen and oxygen atoms in total. The Hall–Kier alpha value is -1.12. The van der Waals surface area contributed by atoms with Crippen LogP contribution in [0, 0.1) is 22.7 Å². The van der Waals surface area contributed by atoms with E-state index in [0.29, 0.717) is 31.3 Å². The second kappa shape index (κ2) is 7.94.